The Morgan fingerprint density at radius 1 is 0.792 bits per heavy atom. The number of rotatable bonds is 4. The maximum atomic E-state index is 14.0. The molecule has 2 aliphatic heterocycles. The van der Waals surface area contributed by atoms with Gasteiger partial charge < -0.3 is 24.8 Å². The number of H-pyrrole nitrogens is 3. The highest BCUT2D eigenvalue weighted by atomic mass is 16.2. The molecule has 3 N–H and O–H groups in total. The standard InChI is InChI=1S/C35H29N9O4/c45-32(42-16-11-20-5-1-3-7-28(20)42)21-17-27-30(36-19-21)44(35(48)40-27)22-12-14-41(15-13-22)33(46)31-37-25-6-2-4-8-29(25)43(31)23-9-10-24-26(18-23)39-34(47)38-24/h1-10,17-19,22H,11-16H2,(H,40,48)(H2,38,39,47). The number of fused-ring (bicyclic) bond motifs is 4. The van der Waals surface area contributed by atoms with Crippen LogP contribution in [-0.4, -0.2) is 70.4 Å². The zero-order chi connectivity index (χ0) is 32.5. The number of likely N-dealkylation sites (tertiary alicyclic amines) is 1. The minimum absolute atomic E-state index is 0.151. The summed E-state index contributed by atoms with van der Waals surface area (Å²) in [5, 5.41) is 0. The maximum Gasteiger partial charge on any atom is 0.327 e. The van der Waals surface area contributed by atoms with Crippen LogP contribution >= 0.6 is 0 Å². The van der Waals surface area contributed by atoms with Crippen LogP contribution in [0.2, 0.25) is 0 Å². The molecule has 0 atom stereocenters. The number of aromatic amines is 3. The summed E-state index contributed by atoms with van der Waals surface area (Å²) in [5.41, 5.74) is 6.32. The molecule has 0 aliphatic carbocycles. The highest BCUT2D eigenvalue weighted by molar-refractivity contribution is 6.08. The van der Waals surface area contributed by atoms with Gasteiger partial charge in [0, 0.05) is 37.6 Å². The molecule has 1 saturated heterocycles. The second-order valence-electron chi connectivity index (χ2n) is 12.3. The number of piperidine rings is 1. The topological polar surface area (TPSA) is 158 Å². The summed E-state index contributed by atoms with van der Waals surface area (Å²) in [6, 6.07) is 22.4. The molecule has 48 heavy (non-hydrogen) atoms. The van der Waals surface area contributed by atoms with Gasteiger partial charge in [-0.15, -0.1) is 0 Å². The molecule has 7 aromatic rings. The summed E-state index contributed by atoms with van der Waals surface area (Å²) in [7, 11) is 0. The molecule has 2 amide bonds. The average Bonchev–Trinajstić information content (AvgIpc) is 3.88. The maximum absolute atomic E-state index is 14.0. The monoisotopic (exact) mass is 639 g/mol. The second kappa shape index (κ2) is 10.7. The lowest BCUT2D eigenvalue weighted by atomic mass is 10.0. The fourth-order valence-electron chi connectivity index (χ4n) is 7.23. The third kappa shape index (κ3) is 4.38. The number of nitrogens with zero attached hydrogens (tertiary/aromatic N) is 6. The molecule has 6 heterocycles. The summed E-state index contributed by atoms with van der Waals surface area (Å²) >= 11 is 0. The van der Waals surface area contributed by atoms with Crippen LogP contribution in [0.25, 0.3) is 38.9 Å². The van der Waals surface area contributed by atoms with Gasteiger partial charge in [-0.1, -0.05) is 30.3 Å². The van der Waals surface area contributed by atoms with Gasteiger partial charge >= 0.3 is 11.4 Å². The Labute approximate surface area is 271 Å². The second-order valence-corrected chi connectivity index (χ2v) is 12.3. The van der Waals surface area contributed by atoms with Crippen LogP contribution < -0.4 is 16.3 Å². The van der Waals surface area contributed by atoms with E-state index < -0.39 is 0 Å². The number of anilines is 1. The van der Waals surface area contributed by atoms with E-state index in [1.165, 1.54) is 0 Å². The normalized spacial score (nSPS) is 15.2. The summed E-state index contributed by atoms with van der Waals surface area (Å²) in [6.07, 6.45) is 3.43. The zero-order valence-corrected chi connectivity index (χ0v) is 25.6. The van der Waals surface area contributed by atoms with Gasteiger partial charge in [0.05, 0.1) is 38.8 Å². The highest BCUT2D eigenvalue weighted by Gasteiger charge is 2.31. The quantitative estimate of drug-likeness (QED) is 0.265. The minimum Gasteiger partial charge on any atom is -0.336 e. The first kappa shape index (κ1) is 28.0. The molecule has 2 aliphatic rings. The number of benzene rings is 3. The molecule has 3 aromatic carbocycles. The van der Waals surface area contributed by atoms with Crippen molar-refractivity contribution in [2.45, 2.75) is 25.3 Å². The van der Waals surface area contributed by atoms with E-state index >= 15 is 0 Å². The smallest absolute Gasteiger partial charge is 0.327 e. The molecular weight excluding hydrogens is 610 g/mol. The van der Waals surface area contributed by atoms with Gasteiger partial charge in [0.25, 0.3) is 11.8 Å². The molecule has 0 spiro atoms. The van der Waals surface area contributed by atoms with E-state index in [-0.39, 0.29) is 35.1 Å². The van der Waals surface area contributed by atoms with E-state index in [1.54, 1.807) is 32.7 Å². The molecule has 0 unspecified atom stereocenters. The summed E-state index contributed by atoms with van der Waals surface area (Å²) in [6.45, 7) is 1.44. The van der Waals surface area contributed by atoms with E-state index in [1.807, 2.05) is 65.2 Å². The number of hydrogen-bond acceptors (Lipinski definition) is 6. The predicted molar refractivity (Wildman–Crippen MR) is 180 cm³/mol. The van der Waals surface area contributed by atoms with Gasteiger partial charge in [-0.2, -0.15) is 0 Å². The first-order valence-electron chi connectivity index (χ1n) is 15.9. The molecule has 4 aromatic heterocycles. The Bertz CT molecular complexity index is 2540. The van der Waals surface area contributed by atoms with E-state index in [4.69, 9.17) is 4.98 Å². The van der Waals surface area contributed by atoms with Crippen LogP contribution in [0.4, 0.5) is 5.69 Å². The van der Waals surface area contributed by atoms with E-state index in [9.17, 15) is 19.2 Å². The molecule has 9 rings (SSSR count). The Kier molecular flexibility index (Phi) is 6.22. The van der Waals surface area contributed by atoms with Crippen molar-refractivity contribution in [3.05, 3.63) is 117 Å². The third-order valence-electron chi connectivity index (χ3n) is 9.56. The summed E-state index contributed by atoms with van der Waals surface area (Å²) < 4.78 is 3.47. The number of aromatic nitrogens is 7. The Morgan fingerprint density at radius 3 is 2.46 bits per heavy atom. The lowest BCUT2D eigenvalue weighted by molar-refractivity contribution is 0.0681. The van der Waals surface area contributed by atoms with Crippen molar-refractivity contribution in [3.63, 3.8) is 0 Å². The van der Waals surface area contributed by atoms with Crippen molar-refractivity contribution >= 4 is 50.7 Å². The zero-order valence-electron chi connectivity index (χ0n) is 25.6. The molecular formula is C35H29N9O4. The first-order valence-corrected chi connectivity index (χ1v) is 15.9. The largest absolute Gasteiger partial charge is 0.336 e. The molecule has 1 fully saturated rings. The van der Waals surface area contributed by atoms with Crippen LogP contribution in [-0.2, 0) is 6.42 Å². The van der Waals surface area contributed by atoms with Gasteiger partial charge in [0.2, 0.25) is 5.82 Å². The number of hydrogen-bond donors (Lipinski definition) is 3. The number of pyridine rings is 1. The van der Waals surface area contributed by atoms with Crippen molar-refractivity contribution in [1.82, 2.24) is 39.0 Å². The highest BCUT2D eigenvalue weighted by Crippen LogP contribution is 2.31. The molecule has 238 valence electrons. The van der Waals surface area contributed by atoms with Gasteiger partial charge in [0.15, 0.2) is 5.65 Å². The number of carbonyl (C=O) groups is 2. The van der Waals surface area contributed by atoms with Crippen molar-refractivity contribution in [1.29, 1.82) is 0 Å². The van der Waals surface area contributed by atoms with Crippen molar-refractivity contribution in [2.24, 2.45) is 0 Å². The van der Waals surface area contributed by atoms with E-state index in [0.29, 0.717) is 71.4 Å². The molecule has 13 nitrogen and oxygen atoms in total. The Balaban J connectivity index is 0.971. The van der Waals surface area contributed by atoms with Gasteiger partial charge in [-0.3, -0.25) is 18.7 Å². The summed E-state index contributed by atoms with van der Waals surface area (Å²) in [5.74, 6) is -0.0962. The van der Waals surface area contributed by atoms with Gasteiger partial charge in [-0.25, -0.2) is 19.6 Å². The molecule has 13 heteroatoms. The van der Waals surface area contributed by atoms with Crippen LogP contribution in [0.1, 0.15) is 45.4 Å². The SMILES string of the molecule is O=C(c1nc2ccccc2n1-c1ccc2[nH]c(=O)[nH]c2c1)N1CCC(n2c(=O)[nH]c3cc(C(=O)N4CCc5ccccc54)cnc32)CC1. The Morgan fingerprint density at radius 2 is 1.58 bits per heavy atom. The van der Waals surface area contributed by atoms with Crippen LogP contribution in [0.3, 0.4) is 0 Å². The first-order chi connectivity index (χ1) is 23.4. The lowest BCUT2D eigenvalue weighted by Gasteiger charge is -2.32. The average molecular weight is 640 g/mol. The number of carbonyl (C=O) groups excluding carboxylic acids is 2. The van der Waals surface area contributed by atoms with E-state index in [0.717, 1.165) is 23.2 Å². The number of amides is 2. The van der Waals surface area contributed by atoms with E-state index in [2.05, 4.69) is 19.9 Å². The molecule has 0 radical (unpaired) electrons. The van der Waals surface area contributed by atoms with Crippen molar-refractivity contribution < 1.29 is 9.59 Å². The number of nitrogens with one attached hydrogen (secondary N) is 3. The number of para-hydroxylation sites is 3. The fraction of sp³-hybridized carbons (Fsp3) is 0.200. The lowest BCUT2D eigenvalue weighted by Crippen LogP contribution is -2.41. The van der Waals surface area contributed by atoms with Crippen LogP contribution in [0, 0.1) is 0 Å². The fourth-order valence-corrected chi connectivity index (χ4v) is 7.23. The molecule has 0 bridgehead atoms. The minimum atomic E-state index is -0.302. The molecule has 0 saturated carbocycles. The predicted octanol–water partition coefficient (Wildman–Crippen LogP) is 3.91. The van der Waals surface area contributed by atoms with Gasteiger partial charge in [0.1, 0.15) is 0 Å². The summed E-state index contributed by atoms with van der Waals surface area (Å²) in [4.78, 5) is 73.8. The van der Waals surface area contributed by atoms with Crippen LogP contribution in [0.5, 0.6) is 0 Å². The van der Waals surface area contributed by atoms with Crippen molar-refractivity contribution in [3.8, 4) is 5.69 Å². The number of imidazole rings is 3. The Hall–Kier alpha value is -6.24. The van der Waals surface area contributed by atoms with Crippen LogP contribution in [0.15, 0.2) is 88.6 Å². The van der Waals surface area contributed by atoms with Gasteiger partial charge in [-0.05, 0) is 67.3 Å². The third-order valence-corrected chi connectivity index (χ3v) is 9.56. The van der Waals surface area contributed by atoms with Crippen molar-refractivity contribution in [2.75, 3.05) is 24.5 Å².